The third-order valence-corrected chi connectivity index (χ3v) is 5.20. The standard InChI is InChI=1S/C19H20Cl2N2O3/c1-25-14-4-6-18(26-2)17(12-14)22-7-9-23(10-8-22)19(24)13-3-5-15(20)16(21)11-13/h3-6,11-12H,7-10H2,1-2H3. The number of hydrogen-bond acceptors (Lipinski definition) is 4. The minimum Gasteiger partial charge on any atom is -0.497 e. The fourth-order valence-electron chi connectivity index (χ4n) is 3.01. The molecule has 1 saturated heterocycles. The highest BCUT2D eigenvalue weighted by molar-refractivity contribution is 6.42. The number of hydrogen-bond donors (Lipinski definition) is 0. The molecule has 1 amide bonds. The zero-order chi connectivity index (χ0) is 18.7. The van der Waals surface area contributed by atoms with Crippen molar-refractivity contribution in [2.24, 2.45) is 0 Å². The second-order valence-electron chi connectivity index (χ2n) is 5.95. The van der Waals surface area contributed by atoms with Crippen LogP contribution in [0.1, 0.15) is 10.4 Å². The molecule has 0 bridgehead atoms. The lowest BCUT2D eigenvalue weighted by Crippen LogP contribution is -2.48. The van der Waals surface area contributed by atoms with E-state index in [1.165, 1.54) is 0 Å². The summed E-state index contributed by atoms with van der Waals surface area (Å²) >= 11 is 12.0. The van der Waals surface area contributed by atoms with Gasteiger partial charge in [-0.1, -0.05) is 23.2 Å². The normalized spacial score (nSPS) is 14.3. The first-order valence-corrected chi connectivity index (χ1v) is 9.00. The number of halogens is 2. The van der Waals surface area contributed by atoms with Crippen LogP contribution in [0.5, 0.6) is 11.5 Å². The molecular formula is C19H20Cl2N2O3. The molecule has 2 aromatic carbocycles. The summed E-state index contributed by atoms with van der Waals surface area (Å²) in [5, 5.41) is 0.829. The Balaban J connectivity index is 1.71. The first-order valence-electron chi connectivity index (χ1n) is 8.25. The van der Waals surface area contributed by atoms with Gasteiger partial charge < -0.3 is 19.3 Å². The molecule has 7 heteroatoms. The van der Waals surface area contributed by atoms with Crippen LogP contribution in [-0.4, -0.2) is 51.2 Å². The van der Waals surface area contributed by atoms with Crippen LogP contribution in [-0.2, 0) is 0 Å². The molecule has 0 unspecified atom stereocenters. The van der Waals surface area contributed by atoms with Crippen LogP contribution in [0.4, 0.5) is 5.69 Å². The summed E-state index contributed by atoms with van der Waals surface area (Å²) in [6.07, 6.45) is 0. The third kappa shape index (κ3) is 3.84. The highest BCUT2D eigenvalue weighted by atomic mass is 35.5. The van der Waals surface area contributed by atoms with Gasteiger partial charge >= 0.3 is 0 Å². The lowest BCUT2D eigenvalue weighted by Gasteiger charge is -2.36. The smallest absolute Gasteiger partial charge is 0.254 e. The Bertz CT molecular complexity index is 805. The second kappa shape index (κ2) is 8.06. The molecule has 1 aliphatic rings. The second-order valence-corrected chi connectivity index (χ2v) is 6.76. The van der Waals surface area contributed by atoms with E-state index in [-0.39, 0.29) is 5.91 Å². The predicted octanol–water partition coefficient (Wildman–Crippen LogP) is 3.97. The average Bonchev–Trinajstić information content (AvgIpc) is 2.69. The van der Waals surface area contributed by atoms with Crippen LogP contribution in [0, 0.1) is 0 Å². The number of ether oxygens (including phenoxy) is 2. The van der Waals surface area contributed by atoms with E-state index in [0.29, 0.717) is 41.8 Å². The Morgan fingerprint density at radius 3 is 2.27 bits per heavy atom. The van der Waals surface area contributed by atoms with Gasteiger partial charge in [-0.15, -0.1) is 0 Å². The van der Waals surface area contributed by atoms with E-state index >= 15 is 0 Å². The molecular weight excluding hydrogens is 375 g/mol. The topological polar surface area (TPSA) is 42.0 Å². The van der Waals surface area contributed by atoms with Crippen molar-refractivity contribution in [3.63, 3.8) is 0 Å². The molecule has 0 aromatic heterocycles. The number of piperazine rings is 1. The highest BCUT2D eigenvalue weighted by Gasteiger charge is 2.24. The lowest BCUT2D eigenvalue weighted by molar-refractivity contribution is 0.0746. The van der Waals surface area contributed by atoms with Crippen LogP contribution in [0.3, 0.4) is 0 Å². The molecule has 3 rings (SSSR count). The molecule has 0 radical (unpaired) electrons. The maximum Gasteiger partial charge on any atom is 0.254 e. The Kier molecular flexibility index (Phi) is 5.79. The molecule has 1 heterocycles. The summed E-state index contributed by atoms with van der Waals surface area (Å²) in [6.45, 7) is 2.63. The fourth-order valence-corrected chi connectivity index (χ4v) is 3.30. The van der Waals surface area contributed by atoms with Crippen molar-refractivity contribution >= 4 is 34.8 Å². The van der Waals surface area contributed by atoms with E-state index in [2.05, 4.69) is 4.90 Å². The molecule has 0 atom stereocenters. The summed E-state index contributed by atoms with van der Waals surface area (Å²) in [6, 6.07) is 10.7. The summed E-state index contributed by atoms with van der Waals surface area (Å²) in [5.74, 6) is 1.52. The number of amides is 1. The zero-order valence-electron chi connectivity index (χ0n) is 14.7. The van der Waals surface area contributed by atoms with E-state index in [1.807, 2.05) is 23.1 Å². The van der Waals surface area contributed by atoms with Crippen molar-refractivity contribution in [1.29, 1.82) is 0 Å². The Hall–Kier alpha value is -2.11. The van der Waals surface area contributed by atoms with Crippen molar-refractivity contribution in [1.82, 2.24) is 4.90 Å². The summed E-state index contributed by atoms with van der Waals surface area (Å²) < 4.78 is 10.8. The zero-order valence-corrected chi connectivity index (χ0v) is 16.2. The molecule has 1 aliphatic heterocycles. The van der Waals surface area contributed by atoms with E-state index in [9.17, 15) is 4.79 Å². The van der Waals surface area contributed by atoms with Crippen LogP contribution in [0.2, 0.25) is 10.0 Å². The molecule has 1 fully saturated rings. The van der Waals surface area contributed by atoms with Gasteiger partial charge in [-0.2, -0.15) is 0 Å². The van der Waals surface area contributed by atoms with Gasteiger partial charge in [-0.25, -0.2) is 0 Å². The van der Waals surface area contributed by atoms with Gasteiger partial charge in [-0.05, 0) is 30.3 Å². The van der Waals surface area contributed by atoms with Crippen LogP contribution >= 0.6 is 23.2 Å². The SMILES string of the molecule is COc1ccc(OC)c(N2CCN(C(=O)c3ccc(Cl)c(Cl)c3)CC2)c1. The molecule has 0 N–H and O–H groups in total. The first kappa shape index (κ1) is 18.7. The van der Waals surface area contributed by atoms with Gasteiger partial charge in [0.15, 0.2) is 0 Å². The number of anilines is 1. The van der Waals surface area contributed by atoms with Crippen molar-refractivity contribution in [2.75, 3.05) is 45.3 Å². The van der Waals surface area contributed by atoms with Crippen molar-refractivity contribution in [2.45, 2.75) is 0 Å². The van der Waals surface area contributed by atoms with Crippen LogP contribution in [0.15, 0.2) is 36.4 Å². The number of nitrogens with zero attached hydrogens (tertiary/aromatic N) is 2. The molecule has 0 aliphatic carbocycles. The molecule has 138 valence electrons. The van der Waals surface area contributed by atoms with Crippen molar-refractivity contribution < 1.29 is 14.3 Å². The van der Waals surface area contributed by atoms with Gasteiger partial charge in [0.1, 0.15) is 11.5 Å². The van der Waals surface area contributed by atoms with E-state index in [4.69, 9.17) is 32.7 Å². The Morgan fingerprint density at radius 2 is 1.65 bits per heavy atom. The Morgan fingerprint density at radius 1 is 0.923 bits per heavy atom. The highest BCUT2D eigenvalue weighted by Crippen LogP contribution is 2.33. The van der Waals surface area contributed by atoms with E-state index in [1.54, 1.807) is 32.4 Å². The van der Waals surface area contributed by atoms with Crippen molar-refractivity contribution in [3.8, 4) is 11.5 Å². The third-order valence-electron chi connectivity index (χ3n) is 4.46. The van der Waals surface area contributed by atoms with Gasteiger partial charge in [0, 0.05) is 37.8 Å². The van der Waals surface area contributed by atoms with Crippen molar-refractivity contribution in [3.05, 3.63) is 52.0 Å². The van der Waals surface area contributed by atoms with Gasteiger partial charge in [0.2, 0.25) is 0 Å². The first-order chi connectivity index (χ1) is 12.5. The van der Waals surface area contributed by atoms with Gasteiger partial charge in [0.25, 0.3) is 5.91 Å². The molecule has 2 aromatic rings. The molecule has 0 spiro atoms. The maximum atomic E-state index is 12.7. The monoisotopic (exact) mass is 394 g/mol. The summed E-state index contributed by atoms with van der Waals surface area (Å²) in [4.78, 5) is 16.7. The molecule has 0 saturated carbocycles. The minimum atomic E-state index is -0.0409. The number of methoxy groups -OCH3 is 2. The molecule has 5 nitrogen and oxygen atoms in total. The number of benzene rings is 2. The van der Waals surface area contributed by atoms with Gasteiger partial charge in [-0.3, -0.25) is 4.79 Å². The fraction of sp³-hybridized carbons (Fsp3) is 0.316. The lowest BCUT2D eigenvalue weighted by atomic mass is 10.1. The molecule has 26 heavy (non-hydrogen) atoms. The van der Waals surface area contributed by atoms with Crippen LogP contribution in [0.25, 0.3) is 0 Å². The average molecular weight is 395 g/mol. The summed E-state index contributed by atoms with van der Waals surface area (Å²) in [7, 11) is 3.29. The largest absolute Gasteiger partial charge is 0.497 e. The maximum absolute atomic E-state index is 12.7. The van der Waals surface area contributed by atoms with E-state index in [0.717, 1.165) is 17.2 Å². The quantitative estimate of drug-likeness (QED) is 0.786. The number of rotatable bonds is 4. The van der Waals surface area contributed by atoms with Gasteiger partial charge in [0.05, 0.1) is 30.0 Å². The van der Waals surface area contributed by atoms with Crippen LogP contribution < -0.4 is 14.4 Å². The summed E-state index contributed by atoms with van der Waals surface area (Å²) in [5.41, 5.74) is 1.51. The predicted molar refractivity (Wildman–Crippen MR) is 104 cm³/mol. The van der Waals surface area contributed by atoms with E-state index < -0.39 is 0 Å². The Labute approximate surface area is 163 Å². The number of carbonyl (C=O) groups excluding carboxylic acids is 1. The number of carbonyl (C=O) groups is 1. The minimum absolute atomic E-state index is 0.0409.